The molecule has 3 rings (SSSR count). The number of fused-ring (bicyclic) bond motifs is 1. The second-order valence-electron chi connectivity index (χ2n) is 11.7. The lowest BCUT2D eigenvalue weighted by Gasteiger charge is -2.28. The molecular formula is C36H53N3O3. The molecule has 6 nitrogen and oxygen atoms in total. The fourth-order valence-electron chi connectivity index (χ4n) is 6.06. The van der Waals surface area contributed by atoms with Crippen LogP contribution in [0.4, 0.5) is 0 Å². The molecule has 2 atom stereocenters. The Bertz CT molecular complexity index is 1110. The SMILES string of the molecule is CCCCCCCCCCCCC(C#N)(CCCC(CCc1ccc2c(c1)OCCO2)/N=N/C)c1cccc(OC)c1. The van der Waals surface area contributed by atoms with Gasteiger partial charge in [-0.15, -0.1) is 0 Å². The van der Waals surface area contributed by atoms with Gasteiger partial charge in [-0.2, -0.15) is 15.5 Å². The van der Waals surface area contributed by atoms with Crippen molar-refractivity contribution in [2.45, 2.75) is 121 Å². The van der Waals surface area contributed by atoms with Crippen molar-refractivity contribution < 1.29 is 14.2 Å². The first-order chi connectivity index (χ1) is 20.6. The first kappa shape index (κ1) is 33.4. The molecule has 0 saturated heterocycles. The molecule has 0 saturated carbocycles. The number of ether oxygens (including phenoxy) is 3. The minimum absolute atomic E-state index is 0.127. The highest BCUT2D eigenvalue weighted by molar-refractivity contribution is 5.44. The highest BCUT2D eigenvalue weighted by Crippen LogP contribution is 2.37. The summed E-state index contributed by atoms with van der Waals surface area (Å²) >= 11 is 0. The van der Waals surface area contributed by atoms with Gasteiger partial charge in [0, 0.05) is 7.05 Å². The van der Waals surface area contributed by atoms with Crippen molar-refractivity contribution in [1.82, 2.24) is 0 Å². The first-order valence-corrected chi connectivity index (χ1v) is 16.4. The molecule has 1 aliphatic rings. The quantitative estimate of drug-likeness (QED) is 0.110. The number of aryl methyl sites for hydroxylation is 1. The molecule has 230 valence electrons. The molecule has 2 aromatic carbocycles. The fraction of sp³-hybridized carbons (Fsp3) is 0.639. The Morgan fingerprint density at radius 1 is 0.857 bits per heavy atom. The van der Waals surface area contributed by atoms with E-state index >= 15 is 0 Å². The van der Waals surface area contributed by atoms with E-state index in [1.807, 2.05) is 18.2 Å². The van der Waals surface area contributed by atoms with Crippen molar-refractivity contribution in [3.05, 3.63) is 53.6 Å². The normalized spacial score (nSPS) is 14.8. The summed E-state index contributed by atoms with van der Waals surface area (Å²) in [5.74, 6) is 2.46. The highest BCUT2D eigenvalue weighted by Gasteiger charge is 2.32. The smallest absolute Gasteiger partial charge is 0.161 e. The Kier molecular flexibility index (Phi) is 15.3. The van der Waals surface area contributed by atoms with Gasteiger partial charge < -0.3 is 14.2 Å². The van der Waals surface area contributed by atoms with Crippen LogP contribution in [0.15, 0.2) is 52.7 Å². The van der Waals surface area contributed by atoms with Gasteiger partial charge in [0.05, 0.1) is 24.6 Å². The van der Waals surface area contributed by atoms with E-state index in [4.69, 9.17) is 14.2 Å². The third-order valence-corrected chi connectivity index (χ3v) is 8.59. The molecule has 2 aromatic rings. The summed E-state index contributed by atoms with van der Waals surface area (Å²) in [4.78, 5) is 0. The van der Waals surface area contributed by atoms with Gasteiger partial charge in [0.15, 0.2) is 11.5 Å². The minimum Gasteiger partial charge on any atom is -0.497 e. The van der Waals surface area contributed by atoms with E-state index in [0.717, 1.165) is 67.8 Å². The van der Waals surface area contributed by atoms with Gasteiger partial charge >= 0.3 is 0 Å². The van der Waals surface area contributed by atoms with E-state index in [2.05, 4.69) is 47.5 Å². The number of rotatable bonds is 21. The molecule has 0 amide bonds. The average molecular weight is 576 g/mol. The number of benzene rings is 2. The van der Waals surface area contributed by atoms with Crippen LogP contribution >= 0.6 is 0 Å². The molecule has 0 spiro atoms. The van der Waals surface area contributed by atoms with Gasteiger partial charge in [0.25, 0.3) is 0 Å². The number of unbranched alkanes of at least 4 members (excludes halogenated alkanes) is 9. The van der Waals surface area contributed by atoms with E-state index in [1.54, 1.807) is 14.2 Å². The Morgan fingerprint density at radius 2 is 1.55 bits per heavy atom. The fourth-order valence-corrected chi connectivity index (χ4v) is 6.06. The standard InChI is InChI=1S/C36H53N3O3/c1-4-5-6-7-8-9-10-11-12-13-23-36(29-37,31-16-14-18-33(28-31)40-3)24-15-17-32(39-38-2)21-19-30-20-22-34-35(27-30)42-26-25-41-34/h14,16,18,20,22,27-28,32H,4-13,15,17,19,21,23-26H2,1-3H3/b39-38+. The number of nitrogens with zero attached hydrogens (tertiary/aromatic N) is 3. The lowest BCUT2D eigenvalue weighted by molar-refractivity contribution is 0.171. The predicted octanol–water partition coefficient (Wildman–Crippen LogP) is 9.79. The van der Waals surface area contributed by atoms with Crippen LogP contribution in [0.5, 0.6) is 17.2 Å². The van der Waals surface area contributed by atoms with Crippen molar-refractivity contribution in [3.63, 3.8) is 0 Å². The maximum Gasteiger partial charge on any atom is 0.161 e. The van der Waals surface area contributed by atoms with Crippen LogP contribution in [0.3, 0.4) is 0 Å². The predicted molar refractivity (Wildman–Crippen MR) is 171 cm³/mol. The summed E-state index contributed by atoms with van der Waals surface area (Å²) in [6.07, 6.45) is 18.3. The lowest BCUT2D eigenvalue weighted by atomic mass is 9.73. The Hall–Kier alpha value is -3.07. The van der Waals surface area contributed by atoms with Gasteiger partial charge in [-0.05, 0) is 73.9 Å². The summed E-state index contributed by atoms with van der Waals surface area (Å²) in [5.41, 5.74) is 1.78. The number of azo groups is 1. The maximum atomic E-state index is 10.6. The first-order valence-electron chi connectivity index (χ1n) is 16.4. The van der Waals surface area contributed by atoms with E-state index in [1.165, 1.54) is 63.4 Å². The summed E-state index contributed by atoms with van der Waals surface area (Å²) < 4.78 is 17.0. The van der Waals surface area contributed by atoms with Gasteiger partial charge in [0.1, 0.15) is 19.0 Å². The largest absolute Gasteiger partial charge is 0.497 e. The summed E-state index contributed by atoms with van der Waals surface area (Å²) in [7, 11) is 3.44. The van der Waals surface area contributed by atoms with E-state index in [0.29, 0.717) is 13.2 Å². The zero-order chi connectivity index (χ0) is 29.9. The zero-order valence-corrected chi connectivity index (χ0v) is 26.4. The third-order valence-electron chi connectivity index (χ3n) is 8.59. The zero-order valence-electron chi connectivity index (χ0n) is 26.4. The topological polar surface area (TPSA) is 76.2 Å². The minimum atomic E-state index is -0.515. The van der Waals surface area contributed by atoms with Crippen LogP contribution in [0.2, 0.25) is 0 Å². The molecule has 0 radical (unpaired) electrons. The molecular weight excluding hydrogens is 522 g/mol. The maximum absolute atomic E-state index is 10.6. The van der Waals surface area contributed by atoms with Crippen LogP contribution < -0.4 is 14.2 Å². The van der Waals surface area contributed by atoms with Gasteiger partial charge in [0.2, 0.25) is 0 Å². The van der Waals surface area contributed by atoms with Gasteiger partial charge in [-0.1, -0.05) is 89.3 Å². The molecule has 42 heavy (non-hydrogen) atoms. The van der Waals surface area contributed by atoms with Crippen LogP contribution in [-0.4, -0.2) is 33.4 Å². The number of hydrogen-bond donors (Lipinski definition) is 0. The van der Waals surface area contributed by atoms with E-state index in [-0.39, 0.29) is 6.04 Å². The molecule has 0 aliphatic carbocycles. The van der Waals surface area contributed by atoms with Crippen LogP contribution in [0, 0.1) is 11.3 Å². The van der Waals surface area contributed by atoms with Gasteiger partial charge in [-0.3, -0.25) is 0 Å². The Labute approximate surface area is 254 Å². The van der Waals surface area contributed by atoms with Crippen molar-refractivity contribution in [3.8, 4) is 23.3 Å². The lowest BCUT2D eigenvalue weighted by Crippen LogP contribution is -2.25. The highest BCUT2D eigenvalue weighted by atomic mass is 16.6. The molecule has 0 fully saturated rings. The Balaban J connectivity index is 1.55. The molecule has 0 aromatic heterocycles. The van der Waals surface area contributed by atoms with Crippen LogP contribution in [0.25, 0.3) is 0 Å². The van der Waals surface area contributed by atoms with Gasteiger partial charge in [-0.25, -0.2) is 0 Å². The molecule has 1 aliphatic heterocycles. The van der Waals surface area contributed by atoms with Crippen molar-refractivity contribution in [2.24, 2.45) is 10.2 Å². The summed E-state index contributed by atoms with van der Waals surface area (Å²) in [6.45, 7) is 3.46. The molecule has 0 bridgehead atoms. The third kappa shape index (κ3) is 11.0. The molecule has 6 heteroatoms. The van der Waals surface area contributed by atoms with Crippen molar-refractivity contribution >= 4 is 0 Å². The van der Waals surface area contributed by atoms with E-state index < -0.39 is 5.41 Å². The second kappa shape index (κ2) is 19.2. The van der Waals surface area contributed by atoms with Crippen molar-refractivity contribution in [2.75, 3.05) is 27.4 Å². The van der Waals surface area contributed by atoms with E-state index in [9.17, 15) is 5.26 Å². The summed E-state index contributed by atoms with van der Waals surface area (Å²) in [6, 6.07) is 17.2. The summed E-state index contributed by atoms with van der Waals surface area (Å²) in [5, 5.41) is 19.3. The van der Waals surface area contributed by atoms with Crippen LogP contribution in [-0.2, 0) is 11.8 Å². The molecule has 1 heterocycles. The number of hydrogen-bond acceptors (Lipinski definition) is 6. The molecule has 2 unspecified atom stereocenters. The van der Waals surface area contributed by atoms with Crippen LogP contribution in [0.1, 0.15) is 114 Å². The number of nitriles is 1. The molecule has 0 N–H and O–H groups in total. The average Bonchev–Trinajstić information content (AvgIpc) is 3.03. The Morgan fingerprint density at radius 3 is 2.24 bits per heavy atom. The monoisotopic (exact) mass is 575 g/mol. The van der Waals surface area contributed by atoms with Crippen molar-refractivity contribution in [1.29, 1.82) is 5.26 Å². The number of methoxy groups -OCH3 is 1. The second-order valence-corrected chi connectivity index (χ2v) is 11.7.